The molecule has 0 spiro atoms. The fraction of sp³-hybridized carbons (Fsp3) is 0.0769. The number of carboxylic acid groups (broad SMARTS) is 1. The predicted molar refractivity (Wildman–Crippen MR) is 70.9 cm³/mol. The first-order chi connectivity index (χ1) is 9.16. The second-order valence-corrected chi connectivity index (χ2v) is 5.07. The molecular formula is C13H10N2O3S. The van der Waals surface area contributed by atoms with Gasteiger partial charge in [-0.05, 0) is 23.6 Å². The summed E-state index contributed by atoms with van der Waals surface area (Å²) in [7, 11) is 0. The van der Waals surface area contributed by atoms with Crippen LogP contribution in [0.25, 0.3) is 5.52 Å². The van der Waals surface area contributed by atoms with Crippen LogP contribution in [0.3, 0.4) is 0 Å². The molecule has 0 bridgehead atoms. The summed E-state index contributed by atoms with van der Waals surface area (Å²) in [4.78, 5) is 16.4. The minimum Gasteiger partial charge on any atom is -0.494 e. The Labute approximate surface area is 112 Å². The Morgan fingerprint density at radius 3 is 2.84 bits per heavy atom. The first-order valence-electron chi connectivity index (χ1n) is 5.62. The zero-order valence-corrected chi connectivity index (χ0v) is 10.6. The zero-order valence-electron chi connectivity index (χ0n) is 9.78. The number of fused-ring (bicyclic) bond motifs is 1. The lowest BCUT2D eigenvalue weighted by Gasteiger charge is -2.02. The topological polar surface area (TPSA) is 74.8 Å². The molecule has 3 heterocycles. The first-order valence-corrected chi connectivity index (χ1v) is 6.50. The molecule has 0 saturated heterocycles. The lowest BCUT2D eigenvalue weighted by Crippen LogP contribution is -1.97. The van der Waals surface area contributed by atoms with Crippen LogP contribution >= 0.6 is 11.3 Å². The van der Waals surface area contributed by atoms with Gasteiger partial charge in [0, 0.05) is 11.3 Å². The average Bonchev–Trinajstić information content (AvgIpc) is 2.98. The Morgan fingerprint density at radius 2 is 2.16 bits per heavy atom. The number of rotatable bonds is 3. The van der Waals surface area contributed by atoms with E-state index in [0.29, 0.717) is 17.8 Å². The fourth-order valence-corrected chi connectivity index (χ4v) is 2.74. The summed E-state index contributed by atoms with van der Waals surface area (Å²) in [6.07, 6.45) is 0.490. The smallest absolute Gasteiger partial charge is 0.356 e. The summed E-state index contributed by atoms with van der Waals surface area (Å²) in [5.74, 6) is -0.586. The second-order valence-electron chi connectivity index (χ2n) is 4.04. The van der Waals surface area contributed by atoms with Crippen LogP contribution in [0.5, 0.6) is 5.88 Å². The van der Waals surface area contributed by atoms with Crippen LogP contribution in [0, 0.1) is 0 Å². The number of thiophene rings is 1. The van der Waals surface area contributed by atoms with Crippen LogP contribution < -0.4 is 0 Å². The van der Waals surface area contributed by atoms with Crippen LogP contribution in [0.2, 0.25) is 0 Å². The van der Waals surface area contributed by atoms with Crippen molar-refractivity contribution in [2.75, 3.05) is 0 Å². The molecular weight excluding hydrogens is 264 g/mol. The lowest BCUT2D eigenvalue weighted by molar-refractivity contribution is 0.0693. The van der Waals surface area contributed by atoms with Gasteiger partial charge in [-0.15, -0.1) is 11.3 Å². The molecule has 0 aromatic carbocycles. The van der Waals surface area contributed by atoms with E-state index in [0.717, 1.165) is 4.88 Å². The molecule has 0 aliphatic carbocycles. The SMILES string of the molecule is O=C(O)c1nc(Cc2cccs2)n2c(O)cccc12. The van der Waals surface area contributed by atoms with Gasteiger partial charge >= 0.3 is 5.97 Å². The van der Waals surface area contributed by atoms with E-state index in [9.17, 15) is 9.90 Å². The Bertz CT molecular complexity index is 747. The number of hydrogen-bond donors (Lipinski definition) is 2. The highest BCUT2D eigenvalue weighted by molar-refractivity contribution is 7.09. The van der Waals surface area contributed by atoms with E-state index in [-0.39, 0.29) is 11.6 Å². The highest BCUT2D eigenvalue weighted by Gasteiger charge is 2.18. The van der Waals surface area contributed by atoms with Gasteiger partial charge in [0.15, 0.2) is 11.6 Å². The maximum absolute atomic E-state index is 11.2. The number of nitrogens with zero attached hydrogens (tertiary/aromatic N) is 2. The minimum atomic E-state index is -1.10. The number of carbonyl (C=O) groups is 1. The van der Waals surface area contributed by atoms with Crippen molar-refractivity contribution in [1.82, 2.24) is 9.38 Å². The minimum absolute atomic E-state index is 0.0101. The number of pyridine rings is 1. The van der Waals surface area contributed by atoms with Gasteiger partial charge < -0.3 is 10.2 Å². The zero-order chi connectivity index (χ0) is 13.4. The molecule has 0 unspecified atom stereocenters. The van der Waals surface area contributed by atoms with Crippen LogP contribution in [-0.2, 0) is 6.42 Å². The summed E-state index contributed by atoms with van der Waals surface area (Å²) < 4.78 is 1.48. The molecule has 6 heteroatoms. The van der Waals surface area contributed by atoms with Gasteiger partial charge in [-0.2, -0.15) is 0 Å². The van der Waals surface area contributed by atoms with Crippen molar-refractivity contribution in [1.29, 1.82) is 0 Å². The summed E-state index contributed by atoms with van der Waals surface area (Å²) in [6, 6.07) is 8.62. The van der Waals surface area contributed by atoms with Gasteiger partial charge in [0.25, 0.3) is 0 Å². The molecule has 3 rings (SSSR count). The van der Waals surface area contributed by atoms with Gasteiger partial charge in [-0.1, -0.05) is 12.1 Å². The summed E-state index contributed by atoms with van der Waals surface area (Å²) in [6.45, 7) is 0. The van der Waals surface area contributed by atoms with E-state index in [4.69, 9.17) is 5.11 Å². The fourth-order valence-electron chi connectivity index (χ4n) is 2.04. The standard InChI is InChI=1S/C13H10N2O3S/c16-11-5-1-4-9-12(13(17)18)14-10(15(9)11)7-8-3-2-6-19-8/h1-6,16H,7H2,(H,17,18). The van der Waals surface area contributed by atoms with Crippen molar-refractivity contribution in [3.63, 3.8) is 0 Å². The number of hydrogen-bond acceptors (Lipinski definition) is 4. The number of imidazole rings is 1. The van der Waals surface area contributed by atoms with Crippen molar-refractivity contribution in [2.24, 2.45) is 0 Å². The average molecular weight is 274 g/mol. The van der Waals surface area contributed by atoms with Gasteiger partial charge in [0.05, 0.1) is 5.52 Å². The number of aromatic nitrogens is 2. The van der Waals surface area contributed by atoms with E-state index < -0.39 is 5.97 Å². The Morgan fingerprint density at radius 1 is 1.32 bits per heavy atom. The van der Waals surface area contributed by atoms with Gasteiger partial charge in [-0.3, -0.25) is 4.40 Å². The van der Waals surface area contributed by atoms with E-state index in [1.807, 2.05) is 17.5 Å². The molecule has 5 nitrogen and oxygen atoms in total. The quantitative estimate of drug-likeness (QED) is 0.769. The second kappa shape index (κ2) is 4.40. The molecule has 96 valence electrons. The molecule has 0 amide bonds. The number of aromatic carboxylic acids is 1. The highest BCUT2D eigenvalue weighted by Crippen LogP contribution is 2.23. The Hall–Kier alpha value is -2.34. The van der Waals surface area contributed by atoms with Crippen molar-refractivity contribution in [2.45, 2.75) is 6.42 Å². The summed E-state index contributed by atoms with van der Waals surface area (Å²) >= 11 is 1.57. The third kappa shape index (κ3) is 1.96. The maximum atomic E-state index is 11.2. The third-order valence-corrected chi connectivity index (χ3v) is 3.70. The van der Waals surface area contributed by atoms with E-state index >= 15 is 0 Å². The molecule has 3 aromatic rings. The maximum Gasteiger partial charge on any atom is 0.356 e. The number of carboxylic acids is 1. The van der Waals surface area contributed by atoms with E-state index in [1.165, 1.54) is 10.5 Å². The van der Waals surface area contributed by atoms with E-state index in [2.05, 4.69) is 4.98 Å². The van der Waals surface area contributed by atoms with Gasteiger partial charge in [0.1, 0.15) is 5.82 Å². The van der Waals surface area contributed by atoms with Crippen molar-refractivity contribution >= 4 is 22.8 Å². The highest BCUT2D eigenvalue weighted by atomic mass is 32.1. The molecule has 0 aliphatic heterocycles. The normalized spacial score (nSPS) is 10.9. The molecule has 0 saturated carbocycles. The monoisotopic (exact) mass is 274 g/mol. The van der Waals surface area contributed by atoms with Crippen LogP contribution in [-0.4, -0.2) is 25.6 Å². The molecule has 0 aliphatic rings. The summed E-state index contributed by atoms with van der Waals surface area (Å²) in [5, 5.41) is 21.0. The Balaban J connectivity index is 2.21. The van der Waals surface area contributed by atoms with Crippen LogP contribution in [0.1, 0.15) is 21.2 Å². The van der Waals surface area contributed by atoms with E-state index in [1.54, 1.807) is 23.5 Å². The Kier molecular flexibility index (Phi) is 2.72. The van der Waals surface area contributed by atoms with Crippen LogP contribution in [0.4, 0.5) is 0 Å². The van der Waals surface area contributed by atoms with Gasteiger partial charge in [-0.25, -0.2) is 9.78 Å². The number of aromatic hydroxyl groups is 1. The molecule has 3 aromatic heterocycles. The van der Waals surface area contributed by atoms with Crippen molar-refractivity contribution in [3.05, 3.63) is 52.1 Å². The molecule has 0 radical (unpaired) electrons. The molecule has 0 fully saturated rings. The van der Waals surface area contributed by atoms with Crippen molar-refractivity contribution in [3.8, 4) is 5.88 Å². The van der Waals surface area contributed by atoms with Gasteiger partial charge in [0.2, 0.25) is 0 Å². The third-order valence-electron chi connectivity index (χ3n) is 2.83. The molecule has 0 atom stereocenters. The lowest BCUT2D eigenvalue weighted by atomic mass is 10.3. The predicted octanol–water partition coefficient (Wildman–Crippen LogP) is 2.39. The first kappa shape index (κ1) is 11.7. The van der Waals surface area contributed by atoms with Crippen LogP contribution in [0.15, 0.2) is 35.7 Å². The largest absolute Gasteiger partial charge is 0.494 e. The molecule has 19 heavy (non-hydrogen) atoms. The molecule has 2 N–H and O–H groups in total. The summed E-state index contributed by atoms with van der Waals surface area (Å²) in [5.41, 5.74) is 0.363. The van der Waals surface area contributed by atoms with Crippen molar-refractivity contribution < 1.29 is 15.0 Å².